The van der Waals surface area contributed by atoms with E-state index in [0.717, 1.165) is 30.2 Å². The first-order valence-electron chi connectivity index (χ1n) is 5.91. The first-order chi connectivity index (χ1) is 8.77. The summed E-state index contributed by atoms with van der Waals surface area (Å²) in [4.78, 5) is 10.8. The molecule has 0 amide bonds. The Morgan fingerprint density at radius 1 is 1.17 bits per heavy atom. The van der Waals surface area contributed by atoms with Crippen LogP contribution in [0, 0.1) is 0 Å². The van der Waals surface area contributed by atoms with Crippen molar-refractivity contribution in [3.05, 3.63) is 49.1 Å². The number of carbonyl (C=O) groups excluding carboxylic acids is 1. The standard InChI is InChI=1S/C15H18O3/c1-3-13-9-5-6-10-14(13)17-11-7-8-12-18-15(16)4-2/h3-6,9-10H,1-2,7-8,11-12H2. The van der Waals surface area contributed by atoms with Crippen LogP contribution in [-0.2, 0) is 9.53 Å². The van der Waals surface area contributed by atoms with Crippen molar-refractivity contribution in [2.45, 2.75) is 12.8 Å². The average Bonchev–Trinajstić information content (AvgIpc) is 2.42. The van der Waals surface area contributed by atoms with E-state index in [1.807, 2.05) is 24.3 Å². The molecule has 0 unspecified atom stereocenters. The van der Waals surface area contributed by atoms with E-state index in [2.05, 4.69) is 13.2 Å². The normalized spacial score (nSPS) is 9.56. The molecular weight excluding hydrogens is 228 g/mol. The van der Waals surface area contributed by atoms with Gasteiger partial charge in [0.15, 0.2) is 0 Å². The smallest absolute Gasteiger partial charge is 0.330 e. The number of hydrogen-bond donors (Lipinski definition) is 0. The fraction of sp³-hybridized carbons (Fsp3) is 0.267. The Morgan fingerprint density at radius 2 is 1.89 bits per heavy atom. The highest BCUT2D eigenvalue weighted by Crippen LogP contribution is 2.18. The van der Waals surface area contributed by atoms with Gasteiger partial charge in [0, 0.05) is 11.6 Å². The lowest BCUT2D eigenvalue weighted by atomic mass is 10.2. The van der Waals surface area contributed by atoms with Gasteiger partial charge < -0.3 is 9.47 Å². The number of hydrogen-bond acceptors (Lipinski definition) is 3. The van der Waals surface area contributed by atoms with E-state index in [0.29, 0.717) is 13.2 Å². The molecule has 0 spiro atoms. The topological polar surface area (TPSA) is 35.5 Å². The maximum absolute atomic E-state index is 10.8. The van der Waals surface area contributed by atoms with E-state index in [1.165, 1.54) is 0 Å². The number of para-hydroxylation sites is 1. The molecule has 0 aliphatic heterocycles. The minimum atomic E-state index is -0.382. The van der Waals surface area contributed by atoms with E-state index in [1.54, 1.807) is 6.08 Å². The highest BCUT2D eigenvalue weighted by molar-refractivity contribution is 5.81. The zero-order valence-corrected chi connectivity index (χ0v) is 10.4. The molecule has 0 aliphatic rings. The van der Waals surface area contributed by atoms with Crippen molar-refractivity contribution in [1.29, 1.82) is 0 Å². The summed E-state index contributed by atoms with van der Waals surface area (Å²) in [6.45, 7) is 8.05. The molecule has 0 radical (unpaired) electrons. The molecule has 0 saturated heterocycles. The van der Waals surface area contributed by atoms with Gasteiger partial charge in [-0.2, -0.15) is 0 Å². The molecule has 0 saturated carbocycles. The molecule has 3 nitrogen and oxygen atoms in total. The summed E-state index contributed by atoms with van der Waals surface area (Å²) in [6.07, 6.45) is 4.53. The van der Waals surface area contributed by atoms with Gasteiger partial charge in [0.25, 0.3) is 0 Å². The van der Waals surface area contributed by atoms with Gasteiger partial charge in [-0.05, 0) is 18.9 Å². The zero-order valence-electron chi connectivity index (χ0n) is 10.4. The fourth-order valence-electron chi connectivity index (χ4n) is 1.40. The Hall–Kier alpha value is -2.03. The van der Waals surface area contributed by atoms with Gasteiger partial charge in [-0.1, -0.05) is 37.4 Å². The van der Waals surface area contributed by atoms with Crippen LogP contribution in [0.2, 0.25) is 0 Å². The quantitative estimate of drug-likeness (QED) is 0.401. The Balaban J connectivity index is 2.19. The van der Waals surface area contributed by atoms with Gasteiger partial charge in [0.1, 0.15) is 5.75 Å². The molecule has 0 N–H and O–H groups in total. The molecule has 3 heteroatoms. The van der Waals surface area contributed by atoms with Gasteiger partial charge in [0.05, 0.1) is 13.2 Å². The van der Waals surface area contributed by atoms with Crippen LogP contribution >= 0.6 is 0 Å². The first-order valence-corrected chi connectivity index (χ1v) is 5.91. The van der Waals surface area contributed by atoms with Crippen molar-refractivity contribution >= 4 is 12.0 Å². The molecular formula is C15H18O3. The summed E-state index contributed by atoms with van der Waals surface area (Å²) in [5, 5.41) is 0. The average molecular weight is 246 g/mol. The van der Waals surface area contributed by atoms with Crippen LogP contribution in [-0.4, -0.2) is 19.2 Å². The van der Waals surface area contributed by atoms with Gasteiger partial charge in [-0.3, -0.25) is 0 Å². The van der Waals surface area contributed by atoms with Gasteiger partial charge in [-0.25, -0.2) is 4.79 Å². The van der Waals surface area contributed by atoms with Crippen molar-refractivity contribution in [2.24, 2.45) is 0 Å². The summed E-state index contributed by atoms with van der Waals surface area (Å²) in [5.41, 5.74) is 0.982. The summed E-state index contributed by atoms with van der Waals surface area (Å²) in [5.74, 6) is 0.448. The zero-order chi connectivity index (χ0) is 13.2. The van der Waals surface area contributed by atoms with Crippen LogP contribution in [0.5, 0.6) is 5.75 Å². The third-order valence-corrected chi connectivity index (χ3v) is 2.35. The fourth-order valence-corrected chi connectivity index (χ4v) is 1.40. The van der Waals surface area contributed by atoms with E-state index < -0.39 is 0 Å². The number of esters is 1. The van der Waals surface area contributed by atoms with E-state index in [4.69, 9.17) is 9.47 Å². The van der Waals surface area contributed by atoms with Crippen LogP contribution in [0.4, 0.5) is 0 Å². The van der Waals surface area contributed by atoms with Crippen LogP contribution in [0.3, 0.4) is 0 Å². The van der Waals surface area contributed by atoms with Crippen LogP contribution in [0.15, 0.2) is 43.5 Å². The van der Waals surface area contributed by atoms with Crippen molar-refractivity contribution in [1.82, 2.24) is 0 Å². The third kappa shape index (κ3) is 4.87. The predicted molar refractivity (Wildman–Crippen MR) is 72.4 cm³/mol. The Labute approximate surface area is 108 Å². The number of ether oxygens (including phenoxy) is 2. The monoisotopic (exact) mass is 246 g/mol. The number of carbonyl (C=O) groups is 1. The highest BCUT2D eigenvalue weighted by atomic mass is 16.5. The van der Waals surface area contributed by atoms with Gasteiger partial charge >= 0.3 is 5.97 Å². The Kier molecular flexibility index (Phi) is 6.33. The summed E-state index contributed by atoms with van der Waals surface area (Å²) in [6, 6.07) is 7.73. The van der Waals surface area contributed by atoms with Gasteiger partial charge in [-0.15, -0.1) is 0 Å². The predicted octanol–water partition coefficient (Wildman–Crippen LogP) is 3.22. The van der Waals surface area contributed by atoms with Crippen molar-refractivity contribution < 1.29 is 14.3 Å². The number of unbranched alkanes of at least 4 members (excludes halogenated alkanes) is 1. The lowest BCUT2D eigenvalue weighted by Gasteiger charge is -2.08. The maximum Gasteiger partial charge on any atom is 0.330 e. The Morgan fingerprint density at radius 3 is 2.61 bits per heavy atom. The van der Waals surface area contributed by atoms with Crippen LogP contribution in [0.1, 0.15) is 18.4 Å². The molecule has 0 heterocycles. The summed E-state index contributed by atoms with van der Waals surface area (Å²) < 4.78 is 10.5. The first kappa shape index (κ1) is 14.0. The largest absolute Gasteiger partial charge is 0.493 e. The minimum Gasteiger partial charge on any atom is -0.493 e. The molecule has 1 aromatic carbocycles. The number of rotatable bonds is 8. The summed E-state index contributed by atoms with van der Waals surface area (Å²) in [7, 11) is 0. The van der Waals surface area contributed by atoms with E-state index in [-0.39, 0.29) is 5.97 Å². The minimum absolute atomic E-state index is 0.382. The van der Waals surface area contributed by atoms with Gasteiger partial charge in [0.2, 0.25) is 0 Å². The van der Waals surface area contributed by atoms with Crippen molar-refractivity contribution in [3.8, 4) is 5.75 Å². The molecule has 1 rings (SSSR count). The third-order valence-electron chi connectivity index (χ3n) is 2.35. The highest BCUT2D eigenvalue weighted by Gasteiger charge is 1.99. The van der Waals surface area contributed by atoms with Crippen molar-refractivity contribution in [3.63, 3.8) is 0 Å². The molecule has 96 valence electrons. The number of benzene rings is 1. The molecule has 1 aromatic rings. The lowest BCUT2D eigenvalue weighted by molar-refractivity contribution is -0.137. The second-order valence-corrected chi connectivity index (χ2v) is 3.67. The molecule has 18 heavy (non-hydrogen) atoms. The summed E-state index contributed by atoms with van der Waals surface area (Å²) >= 11 is 0. The second-order valence-electron chi connectivity index (χ2n) is 3.67. The molecule has 0 bridgehead atoms. The lowest BCUT2D eigenvalue weighted by Crippen LogP contribution is -2.04. The SMILES string of the molecule is C=CC(=O)OCCCCOc1ccccc1C=C. The van der Waals surface area contributed by atoms with E-state index in [9.17, 15) is 4.79 Å². The molecule has 0 fully saturated rings. The van der Waals surface area contributed by atoms with Crippen LogP contribution < -0.4 is 4.74 Å². The second kappa shape index (κ2) is 8.12. The van der Waals surface area contributed by atoms with E-state index >= 15 is 0 Å². The molecule has 0 aliphatic carbocycles. The molecule has 0 atom stereocenters. The van der Waals surface area contributed by atoms with Crippen molar-refractivity contribution in [2.75, 3.05) is 13.2 Å². The Bertz CT molecular complexity index is 410. The maximum atomic E-state index is 10.8. The van der Waals surface area contributed by atoms with Crippen LogP contribution in [0.25, 0.3) is 6.08 Å². The molecule has 0 aromatic heterocycles.